The fourth-order valence-electron chi connectivity index (χ4n) is 3.43. The van der Waals surface area contributed by atoms with E-state index < -0.39 is 0 Å². The summed E-state index contributed by atoms with van der Waals surface area (Å²) in [5.74, 6) is 0.392. The summed E-state index contributed by atoms with van der Waals surface area (Å²) in [6, 6.07) is 3.54. The van der Waals surface area contributed by atoms with Gasteiger partial charge in [-0.05, 0) is 18.2 Å². The minimum atomic E-state index is -0.141. The van der Waals surface area contributed by atoms with Crippen molar-refractivity contribution in [2.75, 3.05) is 6.54 Å². The summed E-state index contributed by atoms with van der Waals surface area (Å²) in [5, 5.41) is 18.9. The van der Waals surface area contributed by atoms with Gasteiger partial charge in [-0.3, -0.25) is 4.79 Å². The number of hydrogen-bond acceptors (Lipinski definition) is 6. The molecule has 0 bridgehead atoms. The molecule has 136 valence electrons. The van der Waals surface area contributed by atoms with E-state index in [0.717, 1.165) is 11.3 Å². The highest BCUT2D eigenvalue weighted by Gasteiger charge is 2.31. The first-order valence-electron chi connectivity index (χ1n) is 8.36. The van der Waals surface area contributed by atoms with E-state index >= 15 is 0 Å². The number of rotatable bonds is 2. The van der Waals surface area contributed by atoms with E-state index in [2.05, 4.69) is 35.3 Å². The molecule has 1 amide bonds. The van der Waals surface area contributed by atoms with E-state index in [1.165, 1.54) is 10.7 Å². The van der Waals surface area contributed by atoms with Gasteiger partial charge in [0.15, 0.2) is 11.3 Å². The Hall–Kier alpha value is -3.27. The standard InChI is InChI=1S/C16H14ClN9O/c1-9-13-4-10(15-19-22-23-20-15)7-24(13)2-3-25(9)16(27)12-5-14-18-6-11(17)8-26(14)21-12/h4-9H,2-3H2,1H3,(H,19,20,22,23). The Labute approximate surface area is 157 Å². The molecule has 1 N–H and O–H groups in total. The van der Waals surface area contributed by atoms with E-state index in [-0.39, 0.29) is 11.9 Å². The third kappa shape index (κ3) is 2.56. The number of H-pyrrole nitrogens is 1. The predicted molar refractivity (Wildman–Crippen MR) is 95.1 cm³/mol. The van der Waals surface area contributed by atoms with Gasteiger partial charge in [-0.25, -0.2) is 9.50 Å². The largest absolute Gasteiger partial charge is 0.347 e. The van der Waals surface area contributed by atoms with E-state index in [1.807, 2.05) is 19.2 Å². The Bertz CT molecular complexity index is 1150. The Morgan fingerprint density at radius 2 is 2.19 bits per heavy atom. The molecular weight excluding hydrogens is 370 g/mol. The van der Waals surface area contributed by atoms with Crippen molar-refractivity contribution in [3.8, 4) is 11.4 Å². The van der Waals surface area contributed by atoms with Crippen molar-refractivity contribution in [1.29, 1.82) is 0 Å². The maximum Gasteiger partial charge on any atom is 0.275 e. The van der Waals surface area contributed by atoms with Crippen molar-refractivity contribution in [2.45, 2.75) is 19.5 Å². The Balaban J connectivity index is 1.46. The van der Waals surface area contributed by atoms with Crippen LogP contribution in [0.4, 0.5) is 0 Å². The van der Waals surface area contributed by atoms with Crippen molar-refractivity contribution >= 4 is 23.2 Å². The zero-order valence-electron chi connectivity index (χ0n) is 14.2. The van der Waals surface area contributed by atoms with Crippen LogP contribution in [-0.4, -0.2) is 57.1 Å². The van der Waals surface area contributed by atoms with Crippen LogP contribution < -0.4 is 0 Å². The number of hydrogen-bond donors (Lipinski definition) is 1. The molecule has 0 radical (unpaired) electrons. The van der Waals surface area contributed by atoms with Crippen LogP contribution in [0.15, 0.2) is 30.7 Å². The molecule has 0 spiro atoms. The lowest BCUT2D eigenvalue weighted by Gasteiger charge is -2.34. The molecule has 1 aliphatic heterocycles. The molecule has 0 aromatic carbocycles. The third-order valence-electron chi connectivity index (χ3n) is 4.77. The fourth-order valence-corrected chi connectivity index (χ4v) is 3.58. The van der Waals surface area contributed by atoms with Crippen LogP contribution in [0, 0.1) is 0 Å². The van der Waals surface area contributed by atoms with Crippen molar-refractivity contribution in [2.24, 2.45) is 0 Å². The first-order chi connectivity index (χ1) is 13.1. The number of nitrogens with zero attached hydrogens (tertiary/aromatic N) is 8. The molecule has 0 fully saturated rings. The summed E-state index contributed by atoms with van der Waals surface area (Å²) in [6.45, 7) is 3.25. The normalized spacial score (nSPS) is 16.7. The number of aromatic nitrogens is 8. The van der Waals surface area contributed by atoms with Crippen LogP contribution >= 0.6 is 11.6 Å². The fraction of sp³-hybridized carbons (Fsp3) is 0.250. The molecule has 27 heavy (non-hydrogen) atoms. The molecule has 5 heterocycles. The first-order valence-corrected chi connectivity index (χ1v) is 8.74. The smallest absolute Gasteiger partial charge is 0.275 e. The highest BCUT2D eigenvalue weighted by molar-refractivity contribution is 6.30. The SMILES string of the molecule is CC1c2cc(-c3nn[nH]n3)cn2CCN1C(=O)c1cc2ncc(Cl)cn2n1. The molecule has 5 rings (SSSR count). The van der Waals surface area contributed by atoms with Gasteiger partial charge in [0.1, 0.15) is 0 Å². The van der Waals surface area contributed by atoms with Gasteiger partial charge in [0.25, 0.3) is 5.91 Å². The highest BCUT2D eigenvalue weighted by Crippen LogP contribution is 2.30. The number of carbonyl (C=O) groups excluding carboxylic acids is 1. The molecule has 4 aromatic rings. The molecule has 0 saturated carbocycles. The van der Waals surface area contributed by atoms with E-state index in [1.54, 1.807) is 17.2 Å². The molecule has 0 aliphatic carbocycles. The number of carbonyl (C=O) groups is 1. The second-order valence-corrected chi connectivity index (χ2v) is 6.80. The van der Waals surface area contributed by atoms with Crippen molar-refractivity contribution < 1.29 is 4.79 Å². The molecule has 10 nitrogen and oxygen atoms in total. The minimum absolute atomic E-state index is 0.117. The zero-order chi connectivity index (χ0) is 18.5. The van der Waals surface area contributed by atoms with Gasteiger partial charge in [-0.1, -0.05) is 11.6 Å². The summed E-state index contributed by atoms with van der Waals surface area (Å²) in [7, 11) is 0. The van der Waals surface area contributed by atoms with Gasteiger partial charge in [0.05, 0.1) is 17.3 Å². The van der Waals surface area contributed by atoms with Gasteiger partial charge in [0, 0.05) is 42.8 Å². The molecule has 11 heteroatoms. The van der Waals surface area contributed by atoms with Crippen LogP contribution in [-0.2, 0) is 6.54 Å². The van der Waals surface area contributed by atoms with Gasteiger partial charge in [-0.2, -0.15) is 10.3 Å². The summed E-state index contributed by atoms with van der Waals surface area (Å²) in [5.41, 5.74) is 2.80. The number of halogens is 1. The van der Waals surface area contributed by atoms with Gasteiger partial charge in [-0.15, -0.1) is 10.2 Å². The molecular formula is C16H14ClN9O. The average molecular weight is 384 g/mol. The molecule has 1 aliphatic rings. The predicted octanol–water partition coefficient (Wildman–Crippen LogP) is 1.58. The summed E-state index contributed by atoms with van der Waals surface area (Å²) >= 11 is 5.94. The Kier molecular flexibility index (Phi) is 3.47. The lowest BCUT2D eigenvalue weighted by atomic mass is 10.1. The molecule has 1 atom stereocenters. The van der Waals surface area contributed by atoms with E-state index in [4.69, 9.17) is 11.6 Å². The topological polar surface area (TPSA) is 110 Å². The highest BCUT2D eigenvalue weighted by atomic mass is 35.5. The van der Waals surface area contributed by atoms with Crippen LogP contribution in [0.5, 0.6) is 0 Å². The first kappa shape index (κ1) is 15.9. The average Bonchev–Trinajstić information content (AvgIpc) is 3.39. The van der Waals surface area contributed by atoms with Gasteiger partial charge in [0.2, 0.25) is 5.82 Å². The van der Waals surface area contributed by atoms with Crippen molar-refractivity contribution in [1.82, 2.24) is 44.7 Å². The van der Waals surface area contributed by atoms with Gasteiger partial charge >= 0.3 is 0 Å². The quantitative estimate of drug-likeness (QED) is 0.562. The van der Waals surface area contributed by atoms with Crippen molar-refractivity contribution in [3.63, 3.8) is 0 Å². The summed E-state index contributed by atoms with van der Waals surface area (Å²) < 4.78 is 3.63. The lowest BCUT2D eigenvalue weighted by molar-refractivity contribution is 0.0637. The Morgan fingerprint density at radius 3 is 3.00 bits per heavy atom. The number of tetrazole rings is 1. The second-order valence-electron chi connectivity index (χ2n) is 6.36. The maximum atomic E-state index is 13.1. The Morgan fingerprint density at radius 1 is 1.30 bits per heavy atom. The van der Waals surface area contributed by atoms with E-state index in [9.17, 15) is 4.79 Å². The third-order valence-corrected chi connectivity index (χ3v) is 4.97. The number of fused-ring (bicyclic) bond motifs is 2. The van der Waals surface area contributed by atoms with E-state index in [0.29, 0.717) is 35.3 Å². The summed E-state index contributed by atoms with van der Waals surface area (Å²) in [6.07, 6.45) is 5.14. The minimum Gasteiger partial charge on any atom is -0.347 e. The van der Waals surface area contributed by atoms with Crippen LogP contribution in [0.25, 0.3) is 17.0 Å². The lowest BCUT2D eigenvalue weighted by Crippen LogP contribution is -2.40. The van der Waals surface area contributed by atoms with Crippen LogP contribution in [0.1, 0.15) is 29.1 Å². The summed E-state index contributed by atoms with van der Waals surface area (Å²) in [4.78, 5) is 19.0. The molecule has 4 aromatic heterocycles. The van der Waals surface area contributed by atoms with Crippen molar-refractivity contribution in [3.05, 3.63) is 47.1 Å². The number of amides is 1. The molecule has 1 unspecified atom stereocenters. The van der Waals surface area contributed by atoms with Crippen LogP contribution in [0.3, 0.4) is 0 Å². The number of aromatic amines is 1. The zero-order valence-corrected chi connectivity index (χ0v) is 15.0. The van der Waals surface area contributed by atoms with Crippen LogP contribution in [0.2, 0.25) is 5.02 Å². The number of nitrogens with one attached hydrogen (secondary N) is 1. The second kappa shape index (κ2) is 5.88. The van der Waals surface area contributed by atoms with Gasteiger partial charge < -0.3 is 9.47 Å². The molecule has 0 saturated heterocycles. The monoisotopic (exact) mass is 383 g/mol. The maximum absolute atomic E-state index is 13.1.